The molecule has 10 nitrogen and oxygen atoms in total. The van der Waals surface area contributed by atoms with Crippen molar-refractivity contribution in [2.45, 2.75) is 25.7 Å². The van der Waals surface area contributed by atoms with Gasteiger partial charge in [0.15, 0.2) is 0 Å². The first-order valence-electron chi connectivity index (χ1n) is 7.60. The van der Waals surface area contributed by atoms with Crippen molar-refractivity contribution >= 4 is 23.4 Å². The Kier molecular flexibility index (Phi) is 6.17. The van der Waals surface area contributed by atoms with Crippen LogP contribution in [-0.4, -0.2) is 30.9 Å². The van der Waals surface area contributed by atoms with Crippen LogP contribution in [-0.2, 0) is 19.1 Å². The van der Waals surface area contributed by atoms with Crippen molar-refractivity contribution in [1.29, 1.82) is 0 Å². The summed E-state index contributed by atoms with van der Waals surface area (Å²) in [5.41, 5.74) is 5.88. The van der Waals surface area contributed by atoms with Gasteiger partial charge in [0.25, 0.3) is 10.9 Å². The van der Waals surface area contributed by atoms with Crippen molar-refractivity contribution in [2.75, 3.05) is 18.6 Å². The average molecular weight is 356 g/mol. The average Bonchev–Trinajstić information content (AvgIpc) is 2.54. The number of nitrogens with one attached hydrogen (secondary N) is 4. The Morgan fingerprint density at radius 1 is 0.960 bits per heavy atom. The van der Waals surface area contributed by atoms with Crippen molar-refractivity contribution < 1.29 is 23.5 Å². The molecule has 0 atom stereocenters. The normalized spacial score (nSPS) is 13.8. The minimum atomic E-state index is -1.22. The van der Waals surface area contributed by atoms with E-state index in [1.807, 2.05) is 0 Å². The fraction of sp³-hybridized carbons (Fsp3) is 0.500. The summed E-state index contributed by atoms with van der Waals surface area (Å²) in [7, 11) is 0. The summed E-state index contributed by atoms with van der Waals surface area (Å²) in [5.74, 6) is -2.67. The minimum absolute atomic E-state index is 0.0308. The number of amides is 3. The Morgan fingerprint density at radius 2 is 1.56 bits per heavy atom. The lowest BCUT2D eigenvalue weighted by atomic mass is 10.1. The molecule has 1 saturated heterocycles. The zero-order chi connectivity index (χ0) is 18.4. The van der Waals surface area contributed by atoms with E-state index in [2.05, 4.69) is 21.7 Å². The zero-order valence-corrected chi connectivity index (χ0v) is 13.1. The van der Waals surface area contributed by atoms with Crippen molar-refractivity contribution in [3.63, 3.8) is 0 Å². The lowest BCUT2D eigenvalue weighted by molar-refractivity contribution is -0.142. The largest absolute Gasteiger partial charge is 0.380 e. The lowest BCUT2D eigenvalue weighted by Gasteiger charge is -2.24. The molecule has 1 aromatic carbocycles. The number of hydrazine groups is 2. The van der Waals surface area contributed by atoms with E-state index in [1.54, 1.807) is 0 Å². The number of hydrogen-bond donors (Lipinski definition) is 4. The molecule has 2 rings (SSSR count). The fourth-order valence-corrected chi connectivity index (χ4v) is 1.92. The second kappa shape index (κ2) is 8.33. The quantitative estimate of drug-likeness (QED) is 0.245. The van der Waals surface area contributed by atoms with E-state index in [4.69, 9.17) is 4.74 Å². The van der Waals surface area contributed by atoms with Crippen LogP contribution in [0.1, 0.15) is 25.7 Å². The molecule has 136 valence electrons. The lowest BCUT2D eigenvalue weighted by Crippen LogP contribution is -2.49. The van der Waals surface area contributed by atoms with Crippen LogP contribution in [0.2, 0.25) is 0 Å². The second-order valence-electron chi connectivity index (χ2n) is 5.50. The Balaban J connectivity index is 1.52. The number of carbonyl (C=O) groups is 3. The van der Waals surface area contributed by atoms with Gasteiger partial charge in [-0.05, 0) is 12.8 Å². The molecule has 0 unspecified atom stereocenters. The second-order valence-corrected chi connectivity index (χ2v) is 5.50. The number of halogens is 1. The predicted octanol–water partition coefficient (Wildman–Crippen LogP) is -1.78. The predicted molar refractivity (Wildman–Crippen MR) is 82.1 cm³/mol. The molecular weight excluding hydrogens is 339 g/mol. The SMILES string of the molecule is O=C(CCCCC(=O)NNc1c(F)c(=O)c1=O)NNC(=O)C1COC1. The number of carbonyl (C=O) groups excluding carboxylic acids is 3. The van der Waals surface area contributed by atoms with E-state index in [0.29, 0.717) is 26.1 Å². The third-order valence-electron chi connectivity index (χ3n) is 3.57. The molecule has 11 heteroatoms. The Morgan fingerprint density at radius 3 is 2.08 bits per heavy atom. The van der Waals surface area contributed by atoms with E-state index in [0.717, 1.165) is 0 Å². The molecular formula is C14H17FN4O6. The van der Waals surface area contributed by atoms with Crippen LogP contribution in [0.3, 0.4) is 0 Å². The van der Waals surface area contributed by atoms with Crippen LogP contribution >= 0.6 is 0 Å². The van der Waals surface area contributed by atoms with Gasteiger partial charge in [0.05, 0.1) is 19.1 Å². The Bertz CT molecular complexity index is 738. The van der Waals surface area contributed by atoms with E-state index >= 15 is 0 Å². The highest BCUT2D eigenvalue weighted by molar-refractivity contribution is 5.83. The van der Waals surface area contributed by atoms with Crippen LogP contribution in [0.5, 0.6) is 0 Å². The first-order valence-corrected chi connectivity index (χ1v) is 7.60. The topological polar surface area (TPSA) is 143 Å². The molecule has 1 aliphatic heterocycles. The van der Waals surface area contributed by atoms with Gasteiger partial charge in [0, 0.05) is 12.8 Å². The first-order chi connectivity index (χ1) is 11.9. The number of unbranched alkanes of at least 4 members (excludes halogenated alkanes) is 1. The maximum atomic E-state index is 12.9. The van der Waals surface area contributed by atoms with E-state index < -0.39 is 34.2 Å². The van der Waals surface area contributed by atoms with Gasteiger partial charge in [-0.2, -0.15) is 4.39 Å². The third-order valence-corrected chi connectivity index (χ3v) is 3.57. The van der Waals surface area contributed by atoms with Crippen LogP contribution in [0.4, 0.5) is 10.1 Å². The smallest absolute Gasteiger partial charge is 0.265 e. The standard InChI is InChI=1S/C14H17FN4O6/c15-10-11(13(23)12(10)22)18-16-8(20)3-1-2-4-9(21)17-19-14(24)7-5-25-6-7/h7,18H,1-6H2,(H,16,20)(H,17,21)(H,19,24). The third kappa shape index (κ3) is 4.83. The highest BCUT2D eigenvalue weighted by atomic mass is 19.1. The number of rotatable bonds is 8. The summed E-state index contributed by atoms with van der Waals surface area (Å²) in [5, 5.41) is 0. The van der Waals surface area contributed by atoms with Crippen LogP contribution < -0.4 is 32.6 Å². The number of hydrogen-bond acceptors (Lipinski definition) is 7. The molecule has 1 aliphatic rings. The summed E-state index contributed by atoms with van der Waals surface area (Å²) >= 11 is 0. The summed E-state index contributed by atoms with van der Waals surface area (Å²) in [6.07, 6.45) is 0.883. The van der Waals surface area contributed by atoms with Crippen LogP contribution in [0.25, 0.3) is 0 Å². The van der Waals surface area contributed by atoms with Crippen molar-refractivity contribution in [2.24, 2.45) is 5.92 Å². The summed E-state index contributed by atoms with van der Waals surface area (Å²) in [4.78, 5) is 56.0. The summed E-state index contributed by atoms with van der Waals surface area (Å²) in [6.45, 7) is 0.677. The maximum absolute atomic E-state index is 12.9. The van der Waals surface area contributed by atoms with Gasteiger partial charge in [-0.3, -0.25) is 45.7 Å². The number of ether oxygens (including phenoxy) is 1. The number of anilines is 1. The van der Waals surface area contributed by atoms with Crippen molar-refractivity contribution in [1.82, 2.24) is 16.3 Å². The Labute approximate surface area is 140 Å². The molecule has 3 amide bonds. The van der Waals surface area contributed by atoms with Crippen LogP contribution in [0, 0.1) is 11.7 Å². The van der Waals surface area contributed by atoms with Gasteiger partial charge >= 0.3 is 0 Å². The summed E-state index contributed by atoms with van der Waals surface area (Å²) in [6, 6.07) is 0. The van der Waals surface area contributed by atoms with E-state index in [-0.39, 0.29) is 24.7 Å². The molecule has 0 aliphatic carbocycles. The van der Waals surface area contributed by atoms with Gasteiger partial charge in [0.2, 0.25) is 23.5 Å². The van der Waals surface area contributed by atoms with Crippen molar-refractivity contribution in [3.05, 3.63) is 26.3 Å². The molecule has 1 heterocycles. The first kappa shape index (κ1) is 18.5. The Hall–Kier alpha value is -2.82. The zero-order valence-electron chi connectivity index (χ0n) is 13.1. The van der Waals surface area contributed by atoms with Gasteiger partial charge in [-0.1, -0.05) is 0 Å². The molecule has 4 N–H and O–H groups in total. The molecule has 1 aromatic rings. The molecule has 0 aromatic heterocycles. The van der Waals surface area contributed by atoms with E-state index in [1.165, 1.54) is 0 Å². The molecule has 25 heavy (non-hydrogen) atoms. The van der Waals surface area contributed by atoms with Gasteiger partial charge in [-0.25, -0.2) is 0 Å². The molecule has 0 bridgehead atoms. The molecule has 0 saturated carbocycles. The van der Waals surface area contributed by atoms with Crippen molar-refractivity contribution in [3.8, 4) is 0 Å². The monoisotopic (exact) mass is 356 g/mol. The highest BCUT2D eigenvalue weighted by Crippen LogP contribution is 2.08. The summed E-state index contributed by atoms with van der Waals surface area (Å²) < 4.78 is 17.7. The maximum Gasteiger partial charge on any atom is 0.265 e. The van der Waals surface area contributed by atoms with Gasteiger partial charge < -0.3 is 4.74 Å². The van der Waals surface area contributed by atoms with Crippen LogP contribution in [0.15, 0.2) is 9.59 Å². The molecule has 0 radical (unpaired) electrons. The minimum Gasteiger partial charge on any atom is -0.380 e. The van der Waals surface area contributed by atoms with Gasteiger partial charge in [-0.15, -0.1) is 0 Å². The van der Waals surface area contributed by atoms with Gasteiger partial charge in [0.1, 0.15) is 5.69 Å². The molecule has 1 fully saturated rings. The highest BCUT2D eigenvalue weighted by Gasteiger charge is 2.26. The fourth-order valence-electron chi connectivity index (χ4n) is 1.92. The van der Waals surface area contributed by atoms with E-state index in [9.17, 15) is 28.4 Å². The molecule has 0 spiro atoms.